The van der Waals surface area contributed by atoms with Crippen LogP contribution in [0.3, 0.4) is 0 Å². The SMILES string of the molecule is C=CCCCS[C@H]1O[C@H](C=O)[C@H](OC(C)=O)[C@H](OC(C)=O)[C@H]1OC(C)=O. The van der Waals surface area contributed by atoms with Gasteiger partial charge in [-0.25, -0.2) is 0 Å². The van der Waals surface area contributed by atoms with Crippen LogP contribution in [0.1, 0.15) is 33.6 Å². The van der Waals surface area contributed by atoms with Crippen LogP contribution in [0.2, 0.25) is 0 Å². The van der Waals surface area contributed by atoms with Crippen LogP contribution in [0, 0.1) is 0 Å². The van der Waals surface area contributed by atoms with Gasteiger partial charge in [0.2, 0.25) is 0 Å². The zero-order chi connectivity index (χ0) is 19.7. The number of carbonyl (C=O) groups is 4. The molecule has 0 bridgehead atoms. The van der Waals surface area contributed by atoms with Gasteiger partial charge < -0.3 is 23.7 Å². The fraction of sp³-hybridized carbons (Fsp3) is 0.647. The van der Waals surface area contributed by atoms with E-state index in [0.29, 0.717) is 12.0 Å². The predicted molar refractivity (Wildman–Crippen MR) is 93.3 cm³/mol. The molecule has 1 aliphatic rings. The van der Waals surface area contributed by atoms with E-state index in [1.807, 2.05) is 0 Å². The number of thioether (sulfide) groups is 1. The van der Waals surface area contributed by atoms with Crippen LogP contribution in [-0.2, 0) is 38.1 Å². The molecule has 0 aromatic carbocycles. The topological polar surface area (TPSA) is 105 Å². The Balaban J connectivity index is 3.10. The average molecular weight is 388 g/mol. The van der Waals surface area contributed by atoms with Gasteiger partial charge >= 0.3 is 17.9 Å². The molecule has 1 heterocycles. The molecule has 1 aliphatic heterocycles. The van der Waals surface area contributed by atoms with E-state index in [1.54, 1.807) is 6.08 Å². The molecule has 9 heteroatoms. The second-order valence-corrected chi connectivity index (χ2v) is 6.84. The summed E-state index contributed by atoms with van der Waals surface area (Å²) in [4.78, 5) is 45.9. The molecule has 0 aliphatic carbocycles. The Kier molecular flexibility index (Phi) is 9.36. The fourth-order valence-corrected chi connectivity index (χ4v) is 3.65. The van der Waals surface area contributed by atoms with Crippen molar-refractivity contribution in [2.45, 2.75) is 63.5 Å². The molecule has 0 N–H and O–H groups in total. The summed E-state index contributed by atoms with van der Waals surface area (Å²) < 4.78 is 21.3. The molecule has 0 radical (unpaired) electrons. The molecule has 8 nitrogen and oxygen atoms in total. The lowest BCUT2D eigenvalue weighted by atomic mass is 9.99. The normalized spacial score (nSPS) is 27.9. The Morgan fingerprint density at radius 2 is 1.54 bits per heavy atom. The second-order valence-electron chi connectivity index (χ2n) is 5.63. The quantitative estimate of drug-likeness (QED) is 0.190. The number of ether oxygens (including phenoxy) is 4. The number of rotatable bonds is 9. The van der Waals surface area contributed by atoms with Crippen LogP contribution in [0.4, 0.5) is 0 Å². The van der Waals surface area contributed by atoms with Crippen molar-refractivity contribution in [2.75, 3.05) is 5.75 Å². The molecule has 0 unspecified atom stereocenters. The van der Waals surface area contributed by atoms with Gasteiger partial charge in [-0.3, -0.25) is 14.4 Å². The standard InChI is InChI=1S/C17H24O8S/c1-5-6-7-8-26-17-16(24-12(4)21)15(23-11(3)20)14(22-10(2)19)13(9-18)25-17/h5,9,13-17H,1,6-8H2,2-4H3/t13-,14+,15+,16-,17-/m1/s1. The van der Waals surface area contributed by atoms with E-state index in [1.165, 1.54) is 25.6 Å². The first-order valence-electron chi connectivity index (χ1n) is 8.15. The van der Waals surface area contributed by atoms with Crippen molar-refractivity contribution in [1.29, 1.82) is 0 Å². The van der Waals surface area contributed by atoms with E-state index in [-0.39, 0.29) is 0 Å². The molecule has 1 rings (SSSR count). The van der Waals surface area contributed by atoms with Crippen LogP contribution >= 0.6 is 11.8 Å². The number of unbranched alkanes of at least 4 members (excludes halogenated alkanes) is 1. The highest BCUT2D eigenvalue weighted by molar-refractivity contribution is 7.99. The molecule has 0 aromatic rings. The third-order valence-corrected chi connectivity index (χ3v) is 4.64. The summed E-state index contributed by atoms with van der Waals surface area (Å²) in [5.41, 5.74) is -0.755. The highest BCUT2D eigenvalue weighted by Crippen LogP contribution is 2.33. The zero-order valence-corrected chi connectivity index (χ0v) is 15.9. The van der Waals surface area contributed by atoms with Gasteiger partial charge in [0.05, 0.1) is 0 Å². The zero-order valence-electron chi connectivity index (χ0n) is 15.0. The first kappa shape index (κ1) is 22.2. The molecule has 146 valence electrons. The van der Waals surface area contributed by atoms with Crippen molar-refractivity contribution in [3.63, 3.8) is 0 Å². The Hall–Kier alpha value is -1.87. The van der Waals surface area contributed by atoms with E-state index in [0.717, 1.165) is 19.8 Å². The van der Waals surface area contributed by atoms with E-state index in [9.17, 15) is 19.2 Å². The van der Waals surface area contributed by atoms with Crippen molar-refractivity contribution in [2.24, 2.45) is 0 Å². The molecular formula is C17H24O8S. The van der Waals surface area contributed by atoms with E-state index in [2.05, 4.69) is 6.58 Å². The summed E-state index contributed by atoms with van der Waals surface area (Å²) >= 11 is 1.32. The number of carbonyl (C=O) groups excluding carboxylic acids is 4. The molecule has 0 spiro atoms. The molecule has 26 heavy (non-hydrogen) atoms. The van der Waals surface area contributed by atoms with Gasteiger partial charge in [0.1, 0.15) is 5.44 Å². The lowest BCUT2D eigenvalue weighted by Gasteiger charge is -2.42. The van der Waals surface area contributed by atoms with Crippen LogP contribution < -0.4 is 0 Å². The van der Waals surface area contributed by atoms with Gasteiger partial charge in [0, 0.05) is 20.8 Å². The van der Waals surface area contributed by atoms with E-state index < -0.39 is 47.8 Å². The van der Waals surface area contributed by atoms with Gasteiger partial charge in [-0.1, -0.05) is 6.08 Å². The maximum Gasteiger partial charge on any atom is 0.303 e. The van der Waals surface area contributed by atoms with Crippen molar-refractivity contribution in [1.82, 2.24) is 0 Å². The first-order chi connectivity index (χ1) is 12.3. The van der Waals surface area contributed by atoms with Crippen LogP contribution in [-0.4, -0.2) is 59.8 Å². The summed E-state index contributed by atoms with van der Waals surface area (Å²) in [6.45, 7) is 7.18. The van der Waals surface area contributed by atoms with Gasteiger partial charge in [0.25, 0.3) is 0 Å². The van der Waals surface area contributed by atoms with E-state index >= 15 is 0 Å². The molecule has 0 saturated carbocycles. The van der Waals surface area contributed by atoms with Gasteiger partial charge in [-0.15, -0.1) is 18.3 Å². The van der Waals surface area contributed by atoms with Crippen molar-refractivity contribution in [3.8, 4) is 0 Å². The minimum absolute atomic E-state index is 0.478. The Labute approximate surface area is 156 Å². The third-order valence-electron chi connectivity index (χ3n) is 3.41. The summed E-state index contributed by atoms with van der Waals surface area (Å²) in [5.74, 6) is -1.31. The number of hydrogen-bond donors (Lipinski definition) is 0. The van der Waals surface area contributed by atoms with Crippen LogP contribution in [0.5, 0.6) is 0 Å². The molecule has 5 atom stereocenters. The second kappa shape index (κ2) is 11.0. The molecule has 0 aromatic heterocycles. The summed E-state index contributed by atoms with van der Waals surface area (Å²) in [6.07, 6.45) is -0.678. The Bertz CT molecular complexity index is 535. The van der Waals surface area contributed by atoms with E-state index in [4.69, 9.17) is 18.9 Å². The van der Waals surface area contributed by atoms with Crippen molar-refractivity contribution < 1.29 is 38.1 Å². The maximum absolute atomic E-state index is 11.5. The lowest BCUT2D eigenvalue weighted by molar-refractivity contribution is -0.227. The maximum atomic E-state index is 11.5. The number of esters is 3. The summed E-state index contributed by atoms with van der Waals surface area (Å²) in [7, 11) is 0. The Morgan fingerprint density at radius 1 is 1.00 bits per heavy atom. The Morgan fingerprint density at radius 3 is 2.04 bits per heavy atom. The van der Waals surface area contributed by atoms with Crippen molar-refractivity contribution in [3.05, 3.63) is 12.7 Å². The largest absolute Gasteiger partial charge is 0.455 e. The van der Waals surface area contributed by atoms with Gasteiger partial charge in [-0.05, 0) is 18.6 Å². The smallest absolute Gasteiger partial charge is 0.303 e. The summed E-state index contributed by atoms with van der Waals surface area (Å²) in [5, 5.41) is 0. The highest BCUT2D eigenvalue weighted by atomic mass is 32.2. The number of hydrogen-bond acceptors (Lipinski definition) is 9. The number of allylic oxidation sites excluding steroid dienone is 1. The average Bonchev–Trinajstić information content (AvgIpc) is 2.54. The summed E-state index contributed by atoms with van der Waals surface area (Å²) in [6, 6.07) is 0. The van der Waals surface area contributed by atoms with Crippen LogP contribution in [0.15, 0.2) is 12.7 Å². The van der Waals surface area contributed by atoms with Gasteiger partial charge in [-0.2, -0.15) is 0 Å². The molecule has 1 saturated heterocycles. The minimum atomic E-state index is -1.21. The minimum Gasteiger partial charge on any atom is -0.455 e. The molecular weight excluding hydrogens is 364 g/mol. The predicted octanol–water partition coefficient (Wildman–Crippen LogP) is 1.40. The lowest BCUT2D eigenvalue weighted by Crippen LogP contribution is -2.60. The number of aldehydes is 1. The highest BCUT2D eigenvalue weighted by Gasteiger charge is 2.51. The fourth-order valence-electron chi connectivity index (χ4n) is 2.48. The monoisotopic (exact) mass is 388 g/mol. The van der Waals surface area contributed by atoms with Crippen LogP contribution in [0.25, 0.3) is 0 Å². The third kappa shape index (κ3) is 6.80. The first-order valence-corrected chi connectivity index (χ1v) is 9.20. The molecule has 0 amide bonds. The van der Waals surface area contributed by atoms with Gasteiger partial charge in [0.15, 0.2) is 30.7 Å². The molecule has 1 fully saturated rings. The van der Waals surface area contributed by atoms with Crippen molar-refractivity contribution >= 4 is 36.0 Å².